The number of unbranched alkanes of at least 4 members (excludes halogenated alkanes) is 6. The predicted molar refractivity (Wildman–Crippen MR) is 77.3 cm³/mol. The van der Waals surface area contributed by atoms with Gasteiger partial charge in [0.1, 0.15) is 0 Å². The summed E-state index contributed by atoms with van der Waals surface area (Å²) in [4.78, 5) is 0. The summed E-state index contributed by atoms with van der Waals surface area (Å²) in [5.74, 6) is 0.936. The molecule has 0 saturated carbocycles. The highest BCUT2D eigenvalue weighted by Crippen LogP contribution is 2.16. The SMILES string of the molecule is CCCC(C)CCCCCCCCCC(C)O. The average molecular weight is 242 g/mol. The average Bonchev–Trinajstić information content (AvgIpc) is 2.27. The Morgan fingerprint density at radius 1 is 0.706 bits per heavy atom. The van der Waals surface area contributed by atoms with Gasteiger partial charge < -0.3 is 5.11 Å². The quantitative estimate of drug-likeness (QED) is 0.460. The van der Waals surface area contributed by atoms with Crippen molar-refractivity contribution in [3.05, 3.63) is 0 Å². The summed E-state index contributed by atoms with van der Waals surface area (Å²) >= 11 is 0. The molecule has 2 atom stereocenters. The minimum absolute atomic E-state index is 0.102. The molecule has 1 nitrogen and oxygen atoms in total. The van der Waals surface area contributed by atoms with Gasteiger partial charge in [0.25, 0.3) is 0 Å². The van der Waals surface area contributed by atoms with E-state index >= 15 is 0 Å². The monoisotopic (exact) mass is 242 g/mol. The van der Waals surface area contributed by atoms with Crippen LogP contribution < -0.4 is 0 Å². The van der Waals surface area contributed by atoms with Gasteiger partial charge in [0, 0.05) is 0 Å². The van der Waals surface area contributed by atoms with Gasteiger partial charge >= 0.3 is 0 Å². The predicted octanol–water partition coefficient (Wildman–Crippen LogP) is 5.31. The van der Waals surface area contributed by atoms with Gasteiger partial charge in [-0.1, -0.05) is 78.1 Å². The topological polar surface area (TPSA) is 20.2 Å². The fourth-order valence-corrected chi connectivity index (χ4v) is 2.45. The van der Waals surface area contributed by atoms with Gasteiger partial charge in [0.2, 0.25) is 0 Å². The van der Waals surface area contributed by atoms with Gasteiger partial charge in [-0.2, -0.15) is 0 Å². The van der Waals surface area contributed by atoms with E-state index in [1.165, 1.54) is 64.2 Å². The molecule has 104 valence electrons. The summed E-state index contributed by atoms with van der Waals surface area (Å²) in [6, 6.07) is 0. The molecular formula is C16H34O. The molecule has 1 heteroatoms. The van der Waals surface area contributed by atoms with Crippen molar-refractivity contribution in [1.29, 1.82) is 0 Å². The number of rotatable bonds is 12. The lowest BCUT2D eigenvalue weighted by molar-refractivity contribution is 0.180. The van der Waals surface area contributed by atoms with Crippen LogP contribution in [0.25, 0.3) is 0 Å². The van der Waals surface area contributed by atoms with E-state index in [4.69, 9.17) is 5.11 Å². The fourth-order valence-electron chi connectivity index (χ4n) is 2.45. The van der Waals surface area contributed by atoms with Crippen molar-refractivity contribution in [3.63, 3.8) is 0 Å². The smallest absolute Gasteiger partial charge is 0.0512 e. The summed E-state index contributed by atoms with van der Waals surface area (Å²) < 4.78 is 0. The third-order valence-corrected chi connectivity index (χ3v) is 3.60. The Morgan fingerprint density at radius 2 is 1.18 bits per heavy atom. The molecule has 0 aliphatic carbocycles. The van der Waals surface area contributed by atoms with E-state index in [1.807, 2.05) is 6.92 Å². The molecule has 0 bridgehead atoms. The summed E-state index contributed by atoms with van der Waals surface area (Å²) in [7, 11) is 0. The molecule has 0 aromatic carbocycles. The van der Waals surface area contributed by atoms with E-state index in [0.29, 0.717) is 0 Å². The third-order valence-electron chi connectivity index (χ3n) is 3.60. The minimum atomic E-state index is -0.102. The van der Waals surface area contributed by atoms with Crippen LogP contribution in [0.4, 0.5) is 0 Å². The third kappa shape index (κ3) is 13.9. The van der Waals surface area contributed by atoms with E-state index in [9.17, 15) is 0 Å². The van der Waals surface area contributed by atoms with Crippen LogP contribution in [0, 0.1) is 5.92 Å². The molecule has 0 radical (unpaired) electrons. The first-order chi connectivity index (χ1) is 8.16. The van der Waals surface area contributed by atoms with Gasteiger partial charge in [-0.15, -0.1) is 0 Å². The van der Waals surface area contributed by atoms with Gasteiger partial charge in [-0.3, -0.25) is 0 Å². The van der Waals surface area contributed by atoms with Gasteiger partial charge in [-0.05, 0) is 19.3 Å². The van der Waals surface area contributed by atoms with Crippen molar-refractivity contribution in [2.75, 3.05) is 0 Å². The van der Waals surface area contributed by atoms with Crippen molar-refractivity contribution in [3.8, 4) is 0 Å². The molecule has 0 aliphatic rings. The lowest BCUT2D eigenvalue weighted by Crippen LogP contribution is -1.98. The van der Waals surface area contributed by atoms with Crippen molar-refractivity contribution in [2.24, 2.45) is 5.92 Å². The highest BCUT2D eigenvalue weighted by Gasteiger charge is 2.00. The van der Waals surface area contributed by atoms with Crippen LogP contribution >= 0.6 is 0 Å². The van der Waals surface area contributed by atoms with Crippen LogP contribution in [0.3, 0.4) is 0 Å². The second-order valence-electron chi connectivity index (χ2n) is 5.80. The Morgan fingerprint density at radius 3 is 1.65 bits per heavy atom. The van der Waals surface area contributed by atoms with Gasteiger partial charge in [-0.25, -0.2) is 0 Å². The van der Waals surface area contributed by atoms with E-state index in [1.54, 1.807) is 0 Å². The molecule has 0 aromatic heterocycles. The zero-order valence-electron chi connectivity index (χ0n) is 12.4. The summed E-state index contributed by atoms with van der Waals surface area (Å²) in [5.41, 5.74) is 0. The van der Waals surface area contributed by atoms with Crippen LogP contribution in [0.15, 0.2) is 0 Å². The normalized spacial score (nSPS) is 14.8. The van der Waals surface area contributed by atoms with E-state index in [0.717, 1.165) is 12.3 Å². The number of aliphatic hydroxyl groups is 1. The van der Waals surface area contributed by atoms with Gasteiger partial charge in [0.05, 0.1) is 6.10 Å². The number of hydrogen-bond acceptors (Lipinski definition) is 1. The van der Waals surface area contributed by atoms with Crippen LogP contribution in [-0.2, 0) is 0 Å². The van der Waals surface area contributed by atoms with Gasteiger partial charge in [0.15, 0.2) is 0 Å². The summed E-state index contributed by atoms with van der Waals surface area (Å²) in [6.45, 7) is 6.56. The first-order valence-corrected chi connectivity index (χ1v) is 7.84. The molecule has 0 amide bonds. The van der Waals surface area contributed by atoms with Crippen LogP contribution in [0.5, 0.6) is 0 Å². The molecule has 2 unspecified atom stereocenters. The maximum Gasteiger partial charge on any atom is 0.0512 e. The van der Waals surface area contributed by atoms with Crippen molar-refractivity contribution in [1.82, 2.24) is 0 Å². The van der Waals surface area contributed by atoms with E-state index in [-0.39, 0.29) is 6.10 Å². The molecule has 1 N–H and O–H groups in total. The Bertz CT molecular complexity index is 142. The maximum absolute atomic E-state index is 9.12. The zero-order valence-corrected chi connectivity index (χ0v) is 12.4. The molecule has 0 rings (SSSR count). The number of aliphatic hydroxyl groups excluding tert-OH is 1. The Labute approximate surface area is 109 Å². The summed E-state index contributed by atoms with van der Waals surface area (Å²) in [6.07, 6.45) is 14.6. The first kappa shape index (κ1) is 17.0. The van der Waals surface area contributed by atoms with Crippen molar-refractivity contribution in [2.45, 2.75) is 97.5 Å². The molecule has 0 aromatic rings. The Balaban J connectivity index is 3.03. The Hall–Kier alpha value is -0.0400. The molecule has 0 heterocycles. The van der Waals surface area contributed by atoms with Crippen molar-refractivity contribution >= 4 is 0 Å². The standard InChI is InChI=1S/C16H34O/c1-4-12-15(2)13-10-8-6-5-7-9-11-14-16(3)17/h15-17H,4-14H2,1-3H3. The highest BCUT2D eigenvalue weighted by molar-refractivity contribution is 4.54. The van der Waals surface area contributed by atoms with Crippen molar-refractivity contribution < 1.29 is 5.11 Å². The fraction of sp³-hybridized carbons (Fsp3) is 1.00. The Kier molecular flexibility index (Phi) is 12.4. The van der Waals surface area contributed by atoms with Crippen LogP contribution in [0.1, 0.15) is 91.4 Å². The number of hydrogen-bond donors (Lipinski definition) is 1. The second kappa shape index (κ2) is 12.4. The van der Waals surface area contributed by atoms with E-state index < -0.39 is 0 Å². The second-order valence-corrected chi connectivity index (χ2v) is 5.80. The van der Waals surface area contributed by atoms with Crippen LogP contribution in [-0.4, -0.2) is 11.2 Å². The molecule has 0 fully saturated rings. The zero-order chi connectivity index (χ0) is 12.9. The lowest BCUT2D eigenvalue weighted by atomic mass is 9.98. The molecule has 0 aliphatic heterocycles. The molecule has 0 saturated heterocycles. The largest absolute Gasteiger partial charge is 0.393 e. The lowest BCUT2D eigenvalue weighted by Gasteiger charge is -2.09. The minimum Gasteiger partial charge on any atom is -0.393 e. The summed E-state index contributed by atoms with van der Waals surface area (Å²) in [5, 5.41) is 9.12. The highest BCUT2D eigenvalue weighted by atomic mass is 16.3. The molecular weight excluding hydrogens is 208 g/mol. The maximum atomic E-state index is 9.12. The van der Waals surface area contributed by atoms with Crippen LogP contribution in [0.2, 0.25) is 0 Å². The first-order valence-electron chi connectivity index (χ1n) is 7.84. The molecule has 17 heavy (non-hydrogen) atoms. The van der Waals surface area contributed by atoms with E-state index in [2.05, 4.69) is 13.8 Å². The molecule has 0 spiro atoms.